The van der Waals surface area contributed by atoms with Gasteiger partial charge in [0.25, 0.3) is 5.91 Å². The molecule has 2 aromatic rings. The SMILES string of the molecule is CCNC(=O)c1ccc(OCCCCCOc2ccc(C=NN)cc2)c(OC)c1.Cl. The highest BCUT2D eigenvalue weighted by molar-refractivity contribution is 5.94. The first kappa shape index (κ1) is 25.1. The number of hydrazone groups is 1. The summed E-state index contributed by atoms with van der Waals surface area (Å²) in [6.07, 6.45) is 4.41. The van der Waals surface area contributed by atoms with E-state index in [1.165, 1.54) is 0 Å². The highest BCUT2D eigenvalue weighted by Gasteiger charge is 2.10. The van der Waals surface area contributed by atoms with Crippen LogP contribution in [0.25, 0.3) is 0 Å². The zero-order valence-electron chi connectivity index (χ0n) is 17.4. The van der Waals surface area contributed by atoms with Crippen LogP contribution in [0.4, 0.5) is 0 Å². The van der Waals surface area contributed by atoms with Crippen LogP contribution in [0.1, 0.15) is 42.1 Å². The Morgan fingerprint density at radius 3 is 2.37 bits per heavy atom. The summed E-state index contributed by atoms with van der Waals surface area (Å²) in [6, 6.07) is 12.8. The molecule has 0 aliphatic carbocycles. The van der Waals surface area contributed by atoms with Crippen molar-refractivity contribution in [1.29, 1.82) is 0 Å². The molecular weight excluding hydrogens is 406 g/mol. The molecule has 3 N–H and O–H groups in total. The summed E-state index contributed by atoms with van der Waals surface area (Å²) in [5.41, 5.74) is 1.49. The summed E-state index contributed by atoms with van der Waals surface area (Å²) in [5.74, 6) is 7.02. The predicted molar refractivity (Wildman–Crippen MR) is 121 cm³/mol. The molecule has 0 atom stereocenters. The van der Waals surface area contributed by atoms with Gasteiger partial charge in [-0.1, -0.05) is 0 Å². The van der Waals surface area contributed by atoms with Gasteiger partial charge in [0, 0.05) is 12.1 Å². The summed E-state index contributed by atoms with van der Waals surface area (Å²) >= 11 is 0. The maximum atomic E-state index is 11.9. The molecule has 7 nitrogen and oxygen atoms in total. The van der Waals surface area contributed by atoms with Crippen molar-refractivity contribution in [2.45, 2.75) is 26.2 Å². The number of nitrogens with two attached hydrogens (primary N) is 1. The molecule has 0 fully saturated rings. The monoisotopic (exact) mass is 435 g/mol. The molecule has 0 aromatic heterocycles. The van der Waals surface area contributed by atoms with Gasteiger partial charge in [-0.05, 0) is 74.2 Å². The summed E-state index contributed by atoms with van der Waals surface area (Å²) in [7, 11) is 1.57. The standard InChI is InChI=1S/C22H29N3O4.ClH/c1-3-24-22(26)18-9-12-20(21(15-18)27-2)29-14-6-4-5-13-28-19-10-7-17(8-11-19)16-25-23;/h7-12,15-16H,3-6,13-14,23H2,1-2H3,(H,24,26);1H. The van der Waals surface area contributed by atoms with Crippen LogP contribution in [-0.2, 0) is 0 Å². The first-order valence-electron chi connectivity index (χ1n) is 9.73. The molecule has 0 aliphatic heterocycles. The average Bonchev–Trinajstić information content (AvgIpc) is 2.74. The number of ether oxygens (including phenoxy) is 3. The third-order valence-electron chi connectivity index (χ3n) is 4.18. The van der Waals surface area contributed by atoms with Gasteiger partial charge in [0.1, 0.15) is 5.75 Å². The normalized spacial score (nSPS) is 10.3. The minimum Gasteiger partial charge on any atom is -0.494 e. The number of nitrogens with one attached hydrogen (secondary N) is 1. The lowest BCUT2D eigenvalue weighted by molar-refractivity contribution is 0.0955. The van der Waals surface area contributed by atoms with Crippen LogP contribution in [0.5, 0.6) is 17.2 Å². The first-order chi connectivity index (χ1) is 14.2. The summed E-state index contributed by atoms with van der Waals surface area (Å²) < 4.78 is 16.9. The Kier molecular flexibility index (Phi) is 11.8. The Morgan fingerprint density at radius 1 is 1.03 bits per heavy atom. The van der Waals surface area contributed by atoms with Crippen LogP contribution < -0.4 is 25.4 Å². The van der Waals surface area contributed by atoms with Crippen molar-refractivity contribution < 1.29 is 19.0 Å². The van der Waals surface area contributed by atoms with E-state index >= 15 is 0 Å². The number of nitrogens with zero attached hydrogens (tertiary/aromatic N) is 1. The maximum absolute atomic E-state index is 11.9. The Labute approximate surface area is 184 Å². The number of hydrogen-bond donors (Lipinski definition) is 2. The van der Waals surface area contributed by atoms with Crippen LogP contribution in [0, 0.1) is 0 Å². The molecule has 1 amide bonds. The van der Waals surface area contributed by atoms with Gasteiger partial charge in [-0.15, -0.1) is 12.4 Å². The fraction of sp³-hybridized carbons (Fsp3) is 0.364. The van der Waals surface area contributed by atoms with E-state index in [1.54, 1.807) is 31.5 Å². The van der Waals surface area contributed by atoms with E-state index in [9.17, 15) is 4.79 Å². The van der Waals surface area contributed by atoms with E-state index in [-0.39, 0.29) is 18.3 Å². The van der Waals surface area contributed by atoms with Crippen LogP contribution in [-0.4, -0.2) is 39.0 Å². The second-order valence-corrected chi connectivity index (χ2v) is 6.33. The molecule has 0 aliphatic rings. The molecule has 2 rings (SSSR count). The Balaban J connectivity index is 0.00000450. The van der Waals surface area contributed by atoms with Gasteiger partial charge in [-0.3, -0.25) is 4.79 Å². The van der Waals surface area contributed by atoms with Gasteiger partial charge in [0.15, 0.2) is 11.5 Å². The number of carbonyl (C=O) groups is 1. The molecule has 8 heteroatoms. The van der Waals surface area contributed by atoms with Crippen molar-refractivity contribution >= 4 is 24.5 Å². The lowest BCUT2D eigenvalue weighted by atomic mass is 10.2. The third kappa shape index (κ3) is 8.21. The van der Waals surface area contributed by atoms with Crippen molar-refractivity contribution in [3.8, 4) is 17.2 Å². The van der Waals surface area contributed by atoms with Crippen molar-refractivity contribution in [2.75, 3.05) is 26.9 Å². The van der Waals surface area contributed by atoms with Crippen LogP contribution in [0.2, 0.25) is 0 Å². The van der Waals surface area contributed by atoms with E-state index in [4.69, 9.17) is 20.1 Å². The Bertz CT molecular complexity index is 797. The van der Waals surface area contributed by atoms with Crippen LogP contribution in [0.3, 0.4) is 0 Å². The minimum absolute atomic E-state index is 0. The molecule has 164 valence electrons. The fourth-order valence-electron chi connectivity index (χ4n) is 2.68. The smallest absolute Gasteiger partial charge is 0.251 e. The summed E-state index contributed by atoms with van der Waals surface area (Å²) in [5, 5.41) is 6.25. The van der Waals surface area contributed by atoms with Gasteiger partial charge in [-0.25, -0.2) is 0 Å². The van der Waals surface area contributed by atoms with E-state index in [0.717, 1.165) is 30.6 Å². The number of amides is 1. The van der Waals surface area contributed by atoms with Gasteiger partial charge in [0.2, 0.25) is 0 Å². The highest BCUT2D eigenvalue weighted by atomic mass is 35.5. The van der Waals surface area contributed by atoms with E-state index in [1.807, 2.05) is 31.2 Å². The number of halogens is 1. The second-order valence-electron chi connectivity index (χ2n) is 6.33. The lowest BCUT2D eigenvalue weighted by Gasteiger charge is -2.12. The number of methoxy groups -OCH3 is 1. The Hall–Kier alpha value is -2.93. The first-order valence-corrected chi connectivity index (χ1v) is 9.73. The number of rotatable bonds is 12. The van der Waals surface area contributed by atoms with Gasteiger partial charge in [0.05, 0.1) is 26.5 Å². The number of hydrogen-bond acceptors (Lipinski definition) is 6. The number of benzene rings is 2. The minimum atomic E-state index is -0.125. The lowest BCUT2D eigenvalue weighted by Crippen LogP contribution is -2.22. The molecule has 30 heavy (non-hydrogen) atoms. The van der Waals surface area contributed by atoms with Gasteiger partial charge in [-0.2, -0.15) is 5.10 Å². The zero-order chi connectivity index (χ0) is 20.9. The predicted octanol–water partition coefficient (Wildman–Crippen LogP) is 3.79. The molecule has 0 unspecified atom stereocenters. The molecule has 0 heterocycles. The van der Waals surface area contributed by atoms with E-state index in [2.05, 4.69) is 10.4 Å². The summed E-state index contributed by atoms with van der Waals surface area (Å²) in [4.78, 5) is 11.9. The molecule has 0 bridgehead atoms. The van der Waals surface area contributed by atoms with Crippen molar-refractivity contribution in [3.05, 3.63) is 53.6 Å². The number of unbranched alkanes of at least 4 members (excludes halogenated alkanes) is 2. The number of carbonyl (C=O) groups excluding carboxylic acids is 1. The van der Waals surface area contributed by atoms with Crippen molar-refractivity contribution in [2.24, 2.45) is 10.9 Å². The highest BCUT2D eigenvalue weighted by Crippen LogP contribution is 2.28. The second kappa shape index (κ2) is 14.1. The van der Waals surface area contributed by atoms with E-state index < -0.39 is 0 Å². The zero-order valence-corrected chi connectivity index (χ0v) is 18.2. The molecular formula is C22H30ClN3O4. The molecule has 0 spiro atoms. The Morgan fingerprint density at radius 2 is 1.73 bits per heavy atom. The quantitative estimate of drug-likeness (QED) is 0.229. The summed E-state index contributed by atoms with van der Waals surface area (Å²) in [6.45, 7) is 3.68. The van der Waals surface area contributed by atoms with Crippen molar-refractivity contribution in [3.63, 3.8) is 0 Å². The molecule has 2 aromatic carbocycles. The molecule has 0 saturated heterocycles. The topological polar surface area (TPSA) is 95.2 Å². The van der Waals surface area contributed by atoms with Crippen molar-refractivity contribution in [1.82, 2.24) is 5.32 Å². The average molecular weight is 436 g/mol. The van der Waals surface area contributed by atoms with E-state index in [0.29, 0.717) is 36.8 Å². The van der Waals surface area contributed by atoms with Gasteiger partial charge >= 0.3 is 0 Å². The maximum Gasteiger partial charge on any atom is 0.251 e. The van der Waals surface area contributed by atoms with Gasteiger partial charge < -0.3 is 25.4 Å². The molecule has 0 radical (unpaired) electrons. The largest absolute Gasteiger partial charge is 0.494 e. The third-order valence-corrected chi connectivity index (χ3v) is 4.18. The van der Waals surface area contributed by atoms with Crippen LogP contribution >= 0.6 is 12.4 Å². The molecule has 0 saturated carbocycles. The fourth-order valence-corrected chi connectivity index (χ4v) is 2.68. The van der Waals surface area contributed by atoms with Crippen LogP contribution in [0.15, 0.2) is 47.6 Å².